The van der Waals surface area contributed by atoms with Crippen LogP contribution in [0.2, 0.25) is 5.02 Å². The van der Waals surface area contributed by atoms with Gasteiger partial charge in [0.25, 0.3) is 16.0 Å². The van der Waals surface area contributed by atoms with Gasteiger partial charge < -0.3 is 5.73 Å². The van der Waals surface area contributed by atoms with Crippen molar-refractivity contribution in [1.82, 2.24) is 5.01 Å². The van der Waals surface area contributed by atoms with E-state index < -0.39 is 26.7 Å². The minimum absolute atomic E-state index is 0.0322. The van der Waals surface area contributed by atoms with E-state index in [9.17, 15) is 21.6 Å². The van der Waals surface area contributed by atoms with Crippen LogP contribution in [0, 0.1) is 0 Å². The maximum absolute atomic E-state index is 13.1. The van der Waals surface area contributed by atoms with E-state index >= 15 is 0 Å². The monoisotopic (exact) mass is 593 g/mol. The highest BCUT2D eigenvalue weighted by Crippen LogP contribution is 2.32. The molecule has 0 aromatic heterocycles. The molecule has 1 unspecified atom stereocenters. The number of aliphatic imine (C=N–C) groups is 1. The van der Waals surface area contributed by atoms with Gasteiger partial charge in [-0.2, -0.15) is 31.7 Å². The Morgan fingerprint density at radius 3 is 2.28 bits per heavy atom. The van der Waals surface area contributed by atoms with Crippen molar-refractivity contribution in [1.29, 1.82) is 0 Å². The molecule has 0 saturated heterocycles. The van der Waals surface area contributed by atoms with Gasteiger partial charge in [-0.25, -0.2) is 5.01 Å². The highest BCUT2D eigenvalue weighted by molar-refractivity contribution is 8.13. The van der Waals surface area contributed by atoms with Crippen molar-refractivity contribution in [3.05, 3.63) is 101 Å². The van der Waals surface area contributed by atoms with E-state index in [1.807, 2.05) is 42.5 Å². The fourth-order valence-corrected chi connectivity index (χ4v) is 5.15. The highest BCUT2D eigenvalue weighted by Gasteiger charge is 2.32. The zero-order valence-electron chi connectivity index (χ0n) is 20.5. The lowest BCUT2D eigenvalue weighted by atomic mass is 9.86. The number of rotatable bonds is 4. The van der Waals surface area contributed by atoms with Crippen molar-refractivity contribution < 1.29 is 21.6 Å². The highest BCUT2D eigenvalue weighted by atomic mass is 35.5. The molecule has 0 aliphatic carbocycles. The van der Waals surface area contributed by atoms with Gasteiger partial charge in [-0.1, -0.05) is 65.8 Å². The summed E-state index contributed by atoms with van der Waals surface area (Å²) in [6.45, 7) is 0.253. The maximum atomic E-state index is 13.1. The molecule has 7 nitrogen and oxygen atoms in total. The molecule has 0 radical (unpaired) electrons. The van der Waals surface area contributed by atoms with Crippen LogP contribution >= 0.6 is 23.4 Å². The number of thioether (sulfide) groups is 1. The Morgan fingerprint density at radius 1 is 1.05 bits per heavy atom. The Bertz CT molecular complexity index is 1510. The van der Waals surface area contributed by atoms with Crippen LogP contribution in [0.3, 0.4) is 0 Å². The SMILES string of the molecule is CS/C(N)=N\C(=N\S(=O)(=O)c1ccc(C(F)(F)F)cc1)N1CCC(c2ccccc2)C(c2ccc(Cl)cc2)=N1. The number of hydrazone groups is 1. The van der Waals surface area contributed by atoms with E-state index in [1.54, 1.807) is 18.4 Å². The average molecular weight is 594 g/mol. The molecule has 2 N–H and O–H groups in total. The van der Waals surface area contributed by atoms with Gasteiger partial charge in [0, 0.05) is 17.5 Å². The van der Waals surface area contributed by atoms with Crippen molar-refractivity contribution >= 4 is 50.2 Å². The van der Waals surface area contributed by atoms with E-state index in [0.717, 1.165) is 35.0 Å². The zero-order chi connectivity index (χ0) is 28.2. The molecule has 0 fully saturated rings. The number of hydrogen-bond acceptors (Lipinski definition) is 4. The molecule has 39 heavy (non-hydrogen) atoms. The summed E-state index contributed by atoms with van der Waals surface area (Å²) in [5.41, 5.74) is 7.36. The van der Waals surface area contributed by atoms with Crippen LogP contribution in [-0.4, -0.2) is 43.1 Å². The van der Waals surface area contributed by atoms with Crippen LogP contribution in [0.5, 0.6) is 0 Å². The molecule has 0 bridgehead atoms. The summed E-state index contributed by atoms with van der Waals surface area (Å²) >= 11 is 7.17. The van der Waals surface area contributed by atoms with Crippen molar-refractivity contribution in [3.63, 3.8) is 0 Å². The minimum atomic E-state index is -4.61. The summed E-state index contributed by atoms with van der Waals surface area (Å²) in [6.07, 6.45) is -2.41. The van der Waals surface area contributed by atoms with Crippen molar-refractivity contribution in [2.45, 2.75) is 23.4 Å². The summed E-state index contributed by atoms with van der Waals surface area (Å²) in [7, 11) is -4.46. The van der Waals surface area contributed by atoms with Gasteiger partial charge >= 0.3 is 6.18 Å². The smallest absolute Gasteiger partial charge is 0.378 e. The van der Waals surface area contributed by atoms with Crippen LogP contribution in [-0.2, 0) is 16.2 Å². The molecule has 0 spiro atoms. The summed E-state index contributed by atoms with van der Waals surface area (Å²) in [5, 5.41) is 6.66. The van der Waals surface area contributed by atoms with Gasteiger partial charge in [0.2, 0.25) is 0 Å². The van der Waals surface area contributed by atoms with E-state index in [2.05, 4.69) is 9.39 Å². The maximum Gasteiger partial charge on any atom is 0.416 e. The molecule has 3 aromatic rings. The van der Waals surface area contributed by atoms with Crippen molar-refractivity contribution in [2.24, 2.45) is 20.2 Å². The van der Waals surface area contributed by atoms with Crippen molar-refractivity contribution in [2.75, 3.05) is 12.8 Å². The topological polar surface area (TPSA) is 100 Å². The first-order valence-corrected chi connectivity index (χ1v) is 14.6. The molecular weight excluding hydrogens is 571 g/mol. The number of sulfonamides is 1. The summed E-state index contributed by atoms with van der Waals surface area (Å²) in [6, 6.07) is 19.9. The fraction of sp³-hybridized carbons (Fsp3) is 0.192. The van der Waals surface area contributed by atoms with Crippen LogP contribution in [0.4, 0.5) is 13.2 Å². The first-order valence-electron chi connectivity index (χ1n) is 11.6. The van der Waals surface area contributed by atoms with E-state index in [0.29, 0.717) is 29.3 Å². The third-order valence-corrected chi connectivity index (χ3v) is 7.89. The molecule has 204 valence electrons. The quantitative estimate of drug-likeness (QED) is 0.296. The number of nitrogens with zero attached hydrogens (tertiary/aromatic N) is 4. The predicted octanol–water partition coefficient (Wildman–Crippen LogP) is 5.98. The predicted molar refractivity (Wildman–Crippen MR) is 150 cm³/mol. The molecule has 0 amide bonds. The Hall–Kier alpha value is -3.35. The largest absolute Gasteiger partial charge is 0.416 e. The Morgan fingerprint density at radius 2 is 1.69 bits per heavy atom. The van der Waals surface area contributed by atoms with E-state index in [-0.39, 0.29) is 23.6 Å². The number of alkyl halides is 3. The van der Waals surface area contributed by atoms with Gasteiger partial charge in [-0.15, -0.1) is 4.40 Å². The standard InChI is InChI=1S/C26H23ClF3N5O2S2/c1-38-24(31)32-25(34-39(36,37)21-13-9-19(10-14-21)26(28,29)30)35-16-15-22(17-5-3-2-4-6-17)23(33-35)18-7-11-20(27)12-8-18/h2-14,22H,15-16H2,1H3,(H2,31,32,34). The second-order valence-electron chi connectivity index (χ2n) is 8.41. The van der Waals surface area contributed by atoms with E-state index in [4.69, 9.17) is 22.4 Å². The first-order chi connectivity index (χ1) is 18.5. The zero-order valence-corrected chi connectivity index (χ0v) is 22.9. The second-order valence-corrected chi connectivity index (χ2v) is 11.3. The molecule has 4 rings (SSSR count). The lowest BCUT2D eigenvalue weighted by Crippen LogP contribution is -2.36. The lowest BCUT2D eigenvalue weighted by molar-refractivity contribution is -0.137. The minimum Gasteiger partial charge on any atom is -0.378 e. The number of benzene rings is 3. The molecule has 1 aliphatic heterocycles. The summed E-state index contributed by atoms with van der Waals surface area (Å²) in [4.78, 5) is 3.75. The number of guanidine groups is 1. The third-order valence-electron chi connectivity index (χ3n) is 5.86. The van der Waals surface area contributed by atoms with Crippen LogP contribution in [0.25, 0.3) is 0 Å². The van der Waals surface area contributed by atoms with Gasteiger partial charge in [-0.3, -0.25) is 0 Å². The Labute approximate surface area is 233 Å². The third kappa shape index (κ3) is 7.00. The van der Waals surface area contributed by atoms with Gasteiger partial charge in [0.1, 0.15) is 0 Å². The second kappa shape index (κ2) is 11.8. The van der Waals surface area contributed by atoms with Gasteiger partial charge in [-0.05, 0) is 60.2 Å². The number of amidine groups is 1. The normalized spacial score (nSPS) is 17.2. The molecule has 1 aliphatic rings. The van der Waals surface area contributed by atoms with Crippen LogP contribution in [0.15, 0.2) is 98.2 Å². The lowest BCUT2D eigenvalue weighted by Gasteiger charge is -2.30. The fourth-order valence-electron chi connectivity index (χ4n) is 3.92. The summed E-state index contributed by atoms with van der Waals surface area (Å²) < 4.78 is 69.0. The molecule has 13 heteroatoms. The number of hydrogen-bond donors (Lipinski definition) is 1. The molecular formula is C26H23ClF3N5O2S2. The van der Waals surface area contributed by atoms with Gasteiger partial charge in [0.15, 0.2) is 5.17 Å². The summed E-state index contributed by atoms with van der Waals surface area (Å²) in [5.74, 6) is -0.419. The molecule has 1 heterocycles. The Kier molecular flexibility index (Phi) is 8.67. The van der Waals surface area contributed by atoms with Crippen LogP contribution < -0.4 is 5.73 Å². The number of halogens is 4. The molecule has 0 saturated carbocycles. The van der Waals surface area contributed by atoms with Crippen molar-refractivity contribution in [3.8, 4) is 0 Å². The number of nitrogens with two attached hydrogens (primary N) is 1. The Balaban J connectivity index is 1.80. The van der Waals surface area contributed by atoms with E-state index in [1.165, 1.54) is 5.01 Å². The molecule has 3 aromatic carbocycles. The molecule has 1 atom stereocenters. The van der Waals surface area contributed by atoms with Gasteiger partial charge in [0.05, 0.1) is 16.2 Å². The average Bonchev–Trinajstić information content (AvgIpc) is 2.92. The van der Waals surface area contributed by atoms with Crippen LogP contribution in [0.1, 0.15) is 29.0 Å². The first kappa shape index (κ1) is 28.7.